The third kappa shape index (κ3) is 2.39. The predicted octanol–water partition coefficient (Wildman–Crippen LogP) is 3.01. The van der Waals surface area contributed by atoms with Gasteiger partial charge in [-0.2, -0.15) is 5.26 Å². The second-order valence-electron chi connectivity index (χ2n) is 6.68. The first-order valence-electron chi connectivity index (χ1n) is 7.22. The first-order valence-corrected chi connectivity index (χ1v) is 7.22. The Hall–Kier alpha value is -1.04. The molecular formula is C15H24N2O. The number of amides is 1. The molecule has 0 bridgehead atoms. The fourth-order valence-electron chi connectivity index (χ4n) is 3.35. The Kier molecular flexibility index (Phi) is 3.66. The van der Waals surface area contributed by atoms with Crippen LogP contribution in [0, 0.1) is 28.1 Å². The number of nitrogens with one attached hydrogen (secondary N) is 1. The van der Waals surface area contributed by atoms with E-state index in [0.29, 0.717) is 11.3 Å². The molecule has 1 N–H and O–H groups in total. The first kappa shape index (κ1) is 13.4. The van der Waals surface area contributed by atoms with Crippen molar-refractivity contribution < 1.29 is 4.79 Å². The lowest BCUT2D eigenvalue weighted by Gasteiger charge is -2.44. The van der Waals surface area contributed by atoms with E-state index in [1.54, 1.807) is 0 Å². The SMILES string of the molecule is CC(C)CC1(CNC(=O)C2(C#N)CCC2)CCC1. The van der Waals surface area contributed by atoms with Crippen molar-refractivity contribution in [2.24, 2.45) is 16.7 Å². The minimum Gasteiger partial charge on any atom is -0.354 e. The average molecular weight is 248 g/mol. The molecule has 0 heterocycles. The summed E-state index contributed by atoms with van der Waals surface area (Å²) in [4.78, 5) is 12.1. The summed E-state index contributed by atoms with van der Waals surface area (Å²) in [6.45, 7) is 5.25. The molecule has 0 atom stereocenters. The van der Waals surface area contributed by atoms with Crippen LogP contribution in [-0.4, -0.2) is 12.5 Å². The Morgan fingerprint density at radius 2 is 1.89 bits per heavy atom. The van der Waals surface area contributed by atoms with Crippen molar-refractivity contribution in [2.75, 3.05) is 6.54 Å². The maximum absolute atomic E-state index is 12.1. The molecule has 0 unspecified atom stereocenters. The molecule has 2 rings (SSSR count). The number of nitrogens with zero attached hydrogens (tertiary/aromatic N) is 1. The summed E-state index contributed by atoms with van der Waals surface area (Å²) in [7, 11) is 0. The van der Waals surface area contributed by atoms with Gasteiger partial charge in [0, 0.05) is 6.54 Å². The van der Waals surface area contributed by atoms with Crippen LogP contribution < -0.4 is 5.32 Å². The van der Waals surface area contributed by atoms with Crippen molar-refractivity contribution in [1.82, 2.24) is 5.32 Å². The standard InChI is InChI=1S/C15H24N2O/c1-12(2)9-14(5-3-6-14)11-17-13(18)15(10-16)7-4-8-15/h12H,3-9,11H2,1-2H3,(H,17,18). The molecule has 0 aromatic heterocycles. The molecule has 0 saturated heterocycles. The molecule has 1 amide bonds. The van der Waals surface area contributed by atoms with Gasteiger partial charge in [-0.1, -0.05) is 20.3 Å². The molecule has 3 heteroatoms. The summed E-state index contributed by atoms with van der Waals surface area (Å²) >= 11 is 0. The fraction of sp³-hybridized carbons (Fsp3) is 0.867. The number of hydrogen-bond acceptors (Lipinski definition) is 2. The topological polar surface area (TPSA) is 52.9 Å². The van der Waals surface area contributed by atoms with Gasteiger partial charge in [0.05, 0.1) is 6.07 Å². The Labute approximate surface area is 110 Å². The maximum Gasteiger partial charge on any atom is 0.240 e. The summed E-state index contributed by atoms with van der Waals surface area (Å²) < 4.78 is 0. The summed E-state index contributed by atoms with van der Waals surface area (Å²) in [6, 6.07) is 2.22. The molecule has 0 spiro atoms. The van der Waals surface area contributed by atoms with Gasteiger partial charge in [-0.15, -0.1) is 0 Å². The molecular weight excluding hydrogens is 224 g/mol. The molecule has 2 saturated carbocycles. The molecule has 0 aromatic carbocycles. The van der Waals surface area contributed by atoms with E-state index in [1.807, 2.05) is 0 Å². The minimum absolute atomic E-state index is 0.0220. The second-order valence-corrected chi connectivity index (χ2v) is 6.68. The van der Waals surface area contributed by atoms with E-state index in [1.165, 1.54) is 25.7 Å². The molecule has 2 aliphatic carbocycles. The van der Waals surface area contributed by atoms with Crippen LogP contribution in [0.15, 0.2) is 0 Å². The summed E-state index contributed by atoms with van der Waals surface area (Å²) in [5.41, 5.74) is -0.368. The minimum atomic E-state index is -0.692. The maximum atomic E-state index is 12.1. The third-order valence-electron chi connectivity index (χ3n) is 4.74. The van der Waals surface area contributed by atoms with E-state index >= 15 is 0 Å². The van der Waals surface area contributed by atoms with Crippen molar-refractivity contribution in [1.29, 1.82) is 5.26 Å². The lowest BCUT2D eigenvalue weighted by molar-refractivity contribution is -0.132. The van der Waals surface area contributed by atoms with Crippen LogP contribution in [0.25, 0.3) is 0 Å². The van der Waals surface area contributed by atoms with Crippen molar-refractivity contribution >= 4 is 5.91 Å². The number of rotatable bonds is 5. The molecule has 18 heavy (non-hydrogen) atoms. The second kappa shape index (κ2) is 4.91. The Morgan fingerprint density at radius 1 is 1.28 bits per heavy atom. The van der Waals surface area contributed by atoms with Gasteiger partial charge in [0.2, 0.25) is 5.91 Å². The quantitative estimate of drug-likeness (QED) is 0.813. The zero-order valence-corrected chi connectivity index (χ0v) is 11.6. The van der Waals surface area contributed by atoms with E-state index in [4.69, 9.17) is 5.26 Å². The van der Waals surface area contributed by atoms with E-state index < -0.39 is 5.41 Å². The molecule has 0 aromatic rings. The van der Waals surface area contributed by atoms with Gasteiger partial charge in [-0.3, -0.25) is 4.79 Å². The molecule has 2 aliphatic rings. The van der Waals surface area contributed by atoms with E-state index in [0.717, 1.165) is 25.8 Å². The third-order valence-corrected chi connectivity index (χ3v) is 4.74. The highest BCUT2D eigenvalue weighted by atomic mass is 16.2. The zero-order chi connectivity index (χ0) is 13.2. The Bertz CT molecular complexity index is 359. The fourth-order valence-corrected chi connectivity index (χ4v) is 3.35. The Balaban J connectivity index is 1.87. The monoisotopic (exact) mass is 248 g/mol. The van der Waals surface area contributed by atoms with Gasteiger partial charge in [-0.25, -0.2) is 0 Å². The summed E-state index contributed by atoms with van der Waals surface area (Å²) in [5.74, 6) is 0.655. The first-order chi connectivity index (χ1) is 8.52. The number of carbonyl (C=O) groups is 1. The van der Waals surface area contributed by atoms with Gasteiger partial charge >= 0.3 is 0 Å². The highest BCUT2D eigenvalue weighted by Gasteiger charge is 2.46. The van der Waals surface area contributed by atoms with Gasteiger partial charge in [0.25, 0.3) is 0 Å². The van der Waals surface area contributed by atoms with Gasteiger partial charge in [0.1, 0.15) is 5.41 Å². The van der Waals surface area contributed by atoms with E-state index in [-0.39, 0.29) is 5.91 Å². The molecule has 2 fully saturated rings. The number of nitriles is 1. The number of hydrogen-bond donors (Lipinski definition) is 1. The van der Waals surface area contributed by atoms with Gasteiger partial charge in [0.15, 0.2) is 0 Å². The molecule has 0 aliphatic heterocycles. The highest BCUT2D eigenvalue weighted by Crippen LogP contribution is 2.46. The van der Waals surface area contributed by atoms with Crippen LogP contribution in [-0.2, 0) is 4.79 Å². The highest BCUT2D eigenvalue weighted by molar-refractivity contribution is 5.86. The van der Waals surface area contributed by atoms with Crippen molar-refractivity contribution in [3.8, 4) is 6.07 Å². The molecule has 3 nitrogen and oxygen atoms in total. The smallest absolute Gasteiger partial charge is 0.240 e. The molecule has 100 valence electrons. The lowest BCUT2D eigenvalue weighted by atomic mass is 9.64. The van der Waals surface area contributed by atoms with Crippen LogP contribution in [0.4, 0.5) is 0 Å². The van der Waals surface area contributed by atoms with Crippen LogP contribution in [0.2, 0.25) is 0 Å². The largest absolute Gasteiger partial charge is 0.354 e. The van der Waals surface area contributed by atoms with Crippen molar-refractivity contribution in [3.05, 3.63) is 0 Å². The summed E-state index contributed by atoms with van der Waals surface area (Å²) in [5, 5.41) is 12.2. The normalized spacial score (nSPS) is 23.7. The van der Waals surface area contributed by atoms with Crippen LogP contribution in [0.1, 0.15) is 58.8 Å². The Morgan fingerprint density at radius 3 is 2.22 bits per heavy atom. The van der Waals surface area contributed by atoms with E-state index in [9.17, 15) is 4.79 Å². The number of carbonyl (C=O) groups excluding carboxylic acids is 1. The molecule has 0 radical (unpaired) electrons. The summed E-state index contributed by atoms with van der Waals surface area (Å²) in [6.07, 6.45) is 7.42. The lowest BCUT2D eigenvalue weighted by Crippen LogP contribution is -2.50. The average Bonchev–Trinajstić information content (AvgIpc) is 2.20. The van der Waals surface area contributed by atoms with Crippen molar-refractivity contribution in [3.63, 3.8) is 0 Å². The van der Waals surface area contributed by atoms with E-state index in [2.05, 4.69) is 25.2 Å². The zero-order valence-electron chi connectivity index (χ0n) is 11.6. The van der Waals surface area contributed by atoms with Gasteiger partial charge in [-0.05, 0) is 49.9 Å². The predicted molar refractivity (Wildman–Crippen MR) is 70.6 cm³/mol. The van der Waals surface area contributed by atoms with Gasteiger partial charge < -0.3 is 5.32 Å². The van der Waals surface area contributed by atoms with Crippen LogP contribution >= 0.6 is 0 Å². The van der Waals surface area contributed by atoms with Crippen LogP contribution in [0.5, 0.6) is 0 Å². The van der Waals surface area contributed by atoms with Crippen molar-refractivity contribution in [2.45, 2.75) is 58.8 Å². The van der Waals surface area contributed by atoms with Crippen LogP contribution in [0.3, 0.4) is 0 Å².